The normalized spacial score (nSPS) is 13.5. The molecule has 2 amide bonds. The van der Waals surface area contributed by atoms with Crippen molar-refractivity contribution in [2.45, 2.75) is 20.3 Å². The highest BCUT2D eigenvalue weighted by Crippen LogP contribution is 2.28. The van der Waals surface area contributed by atoms with E-state index >= 15 is 0 Å². The Morgan fingerprint density at radius 3 is 2.51 bits per heavy atom. The van der Waals surface area contributed by atoms with Gasteiger partial charge < -0.3 is 19.5 Å². The first kappa shape index (κ1) is 24.8. The van der Waals surface area contributed by atoms with Crippen LogP contribution in [-0.4, -0.2) is 48.0 Å². The quantitative estimate of drug-likeness (QED) is 0.465. The van der Waals surface area contributed by atoms with Gasteiger partial charge in [0.15, 0.2) is 10.9 Å². The lowest BCUT2D eigenvalue weighted by Gasteiger charge is -2.37. The zero-order valence-corrected chi connectivity index (χ0v) is 21.2. The van der Waals surface area contributed by atoms with Crippen LogP contribution in [-0.2, 0) is 4.79 Å². The number of hydrogen-bond acceptors (Lipinski definition) is 5. The van der Waals surface area contributed by atoms with E-state index in [-0.39, 0.29) is 16.8 Å². The summed E-state index contributed by atoms with van der Waals surface area (Å²) in [5.74, 6) is 0.412. The van der Waals surface area contributed by atoms with Crippen molar-refractivity contribution >= 4 is 52.1 Å². The first-order chi connectivity index (χ1) is 16.9. The highest BCUT2D eigenvalue weighted by atomic mass is 35.5. The fourth-order valence-corrected chi connectivity index (χ4v) is 4.34. The largest absolute Gasteiger partial charge is 0.451 e. The maximum atomic E-state index is 12.7. The molecule has 1 saturated heterocycles. The van der Waals surface area contributed by atoms with Gasteiger partial charge in [-0.15, -0.1) is 0 Å². The molecule has 182 valence electrons. The number of carbonyl (C=O) groups excluding carboxylic acids is 2. The summed E-state index contributed by atoms with van der Waals surface area (Å²) in [6, 6.07) is 16.7. The molecular formula is C26H27ClN4O3S. The average molecular weight is 511 g/mol. The number of amides is 2. The number of furan rings is 1. The average Bonchev–Trinajstić information content (AvgIpc) is 3.36. The lowest BCUT2D eigenvalue weighted by Crippen LogP contribution is -2.48. The minimum atomic E-state index is -0.448. The number of piperazine rings is 1. The third-order valence-electron chi connectivity index (χ3n) is 5.94. The van der Waals surface area contributed by atoms with Gasteiger partial charge in [0.1, 0.15) is 5.76 Å². The summed E-state index contributed by atoms with van der Waals surface area (Å²) in [5.41, 5.74) is 3.50. The van der Waals surface area contributed by atoms with Crippen molar-refractivity contribution in [1.29, 1.82) is 0 Å². The number of nitrogens with one attached hydrogen (secondary N) is 2. The molecule has 0 aliphatic carbocycles. The van der Waals surface area contributed by atoms with E-state index < -0.39 is 5.91 Å². The number of benzene rings is 2. The van der Waals surface area contributed by atoms with Crippen LogP contribution >= 0.6 is 23.8 Å². The van der Waals surface area contributed by atoms with Gasteiger partial charge in [0.2, 0.25) is 5.91 Å². The number of aryl methyl sites for hydroxylation is 1. The van der Waals surface area contributed by atoms with Crippen LogP contribution in [0.5, 0.6) is 0 Å². The van der Waals surface area contributed by atoms with E-state index in [0.29, 0.717) is 30.3 Å². The summed E-state index contributed by atoms with van der Waals surface area (Å²) in [7, 11) is 0. The lowest BCUT2D eigenvalue weighted by molar-refractivity contribution is -0.131. The summed E-state index contributed by atoms with van der Waals surface area (Å²) in [6.45, 7) is 6.60. The molecule has 4 rings (SSSR count). The van der Waals surface area contributed by atoms with E-state index in [1.807, 2.05) is 55.1 Å². The van der Waals surface area contributed by atoms with E-state index in [1.165, 1.54) is 0 Å². The van der Waals surface area contributed by atoms with Crippen molar-refractivity contribution in [2.75, 3.05) is 36.4 Å². The molecule has 0 radical (unpaired) electrons. The molecule has 2 N–H and O–H groups in total. The third kappa shape index (κ3) is 5.83. The van der Waals surface area contributed by atoms with Crippen LogP contribution in [0.4, 0.5) is 11.4 Å². The van der Waals surface area contributed by atoms with E-state index in [9.17, 15) is 9.59 Å². The molecule has 0 spiro atoms. The van der Waals surface area contributed by atoms with Crippen LogP contribution in [0.2, 0.25) is 5.02 Å². The van der Waals surface area contributed by atoms with Gasteiger partial charge in [-0.1, -0.05) is 42.8 Å². The zero-order chi connectivity index (χ0) is 24.9. The van der Waals surface area contributed by atoms with Crippen molar-refractivity contribution in [3.8, 4) is 11.3 Å². The molecule has 0 atom stereocenters. The molecule has 35 heavy (non-hydrogen) atoms. The van der Waals surface area contributed by atoms with Gasteiger partial charge in [0.05, 0.1) is 11.4 Å². The Balaban J connectivity index is 1.39. The second-order valence-corrected chi connectivity index (χ2v) is 9.09. The molecule has 7 nitrogen and oxygen atoms in total. The standard InChI is InChI=1S/C26H27ClN4O3S/c1-3-24(32)31-14-12-30(13-15-31)21-7-5-4-6-20(21)28-26(35)29-25(33)23-11-10-22(34-23)18-9-8-17(2)19(27)16-18/h4-11,16H,3,12-15H2,1-2H3,(H2,28,29,33,35). The SMILES string of the molecule is CCC(=O)N1CCN(c2ccccc2NC(=S)NC(=O)c2ccc(-c3ccc(C)c(Cl)c3)o2)CC1. The number of carbonyl (C=O) groups is 2. The Hall–Kier alpha value is -3.36. The number of rotatable bonds is 5. The second kappa shape index (κ2) is 10.9. The van der Waals surface area contributed by atoms with Crippen LogP contribution in [0.25, 0.3) is 11.3 Å². The molecule has 0 saturated carbocycles. The van der Waals surface area contributed by atoms with Gasteiger partial charge in [0, 0.05) is 43.2 Å². The summed E-state index contributed by atoms with van der Waals surface area (Å²) < 4.78 is 5.74. The molecule has 3 aromatic rings. The van der Waals surface area contributed by atoms with E-state index in [0.717, 1.165) is 35.6 Å². The van der Waals surface area contributed by atoms with Crippen molar-refractivity contribution in [1.82, 2.24) is 10.2 Å². The van der Waals surface area contributed by atoms with E-state index in [2.05, 4.69) is 15.5 Å². The first-order valence-corrected chi connectivity index (χ1v) is 12.2. The molecule has 1 aliphatic heterocycles. The molecular weight excluding hydrogens is 484 g/mol. The van der Waals surface area contributed by atoms with Crippen molar-refractivity contribution in [2.24, 2.45) is 0 Å². The summed E-state index contributed by atoms with van der Waals surface area (Å²) in [6.07, 6.45) is 0.516. The number of anilines is 2. The Bertz CT molecular complexity index is 1250. The molecule has 2 heterocycles. The summed E-state index contributed by atoms with van der Waals surface area (Å²) in [4.78, 5) is 28.8. The molecule has 1 aliphatic rings. The van der Waals surface area contributed by atoms with Gasteiger partial charge in [-0.3, -0.25) is 14.9 Å². The Morgan fingerprint density at radius 2 is 1.80 bits per heavy atom. The number of thiocarbonyl (C=S) groups is 1. The zero-order valence-electron chi connectivity index (χ0n) is 19.6. The van der Waals surface area contributed by atoms with Crippen LogP contribution in [0.3, 0.4) is 0 Å². The van der Waals surface area contributed by atoms with Gasteiger partial charge in [-0.05, 0) is 55.0 Å². The van der Waals surface area contributed by atoms with Gasteiger partial charge >= 0.3 is 0 Å². The van der Waals surface area contributed by atoms with Crippen LogP contribution in [0.15, 0.2) is 59.0 Å². The molecule has 0 unspecified atom stereocenters. The Morgan fingerprint density at radius 1 is 1.06 bits per heavy atom. The van der Waals surface area contributed by atoms with Crippen LogP contribution < -0.4 is 15.5 Å². The predicted octanol–water partition coefficient (Wildman–Crippen LogP) is 5.09. The minimum Gasteiger partial charge on any atom is -0.451 e. The lowest BCUT2D eigenvalue weighted by atomic mass is 10.1. The molecule has 1 fully saturated rings. The maximum absolute atomic E-state index is 12.7. The van der Waals surface area contributed by atoms with Gasteiger partial charge in [-0.25, -0.2) is 0 Å². The van der Waals surface area contributed by atoms with Crippen molar-refractivity contribution < 1.29 is 14.0 Å². The highest BCUT2D eigenvalue weighted by molar-refractivity contribution is 7.80. The van der Waals surface area contributed by atoms with Crippen LogP contribution in [0, 0.1) is 6.92 Å². The van der Waals surface area contributed by atoms with Gasteiger partial charge in [-0.2, -0.15) is 0 Å². The second-order valence-electron chi connectivity index (χ2n) is 8.27. The number of hydrogen-bond donors (Lipinski definition) is 2. The molecule has 2 aromatic carbocycles. The third-order valence-corrected chi connectivity index (χ3v) is 6.55. The molecule has 9 heteroatoms. The molecule has 1 aromatic heterocycles. The predicted molar refractivity (Wildman–Crippen MR) is 143 cm³/mol. The number of nitrogens with zero attached hydrogens (tertiary/aromatic N) is 2. The highest BCUT2D eigenvalue weighted by Gasteiger charge is 2.22. The van der Waals surface area contributed by atoms with Crippen molar-refractivity contribution in [3.63, 3.8) is 0 Å². The smallest absolute Gasteiger partial charge is 0.293 e. The number of halogens is 1. The maximum Gasteiger partial charge on any atom is 0.293 e. The summed E-state index contributed by atoms with van der Waals surface area (Å²) >= 11 is 11.6. The Kier molecular flexibility index (Phi) is 7.73. The summed E-state index contributed by atoms with van der Waals surface area (Å²) in [5, 5.41) is 6.60. The first-order valence-electron chi connectivity index (χ1n) is 11.5. The van der Waals surface area contributed by atoms with Crippen molar-refractivity contribution in [3.05, 3.63) is 70.9 Å². The molecule has 0 bridgehead atoms. The monoisotopic (exact) mass is 510 g/mol. The minimum absolute atomic E-state index is 0.144. The van der Waals surface area contributed by atoms with E-state index in [1.54, 1.807) is 18.2 Å². The topological polar surface area (TPSA) is 77.8 Å². The van der Waals surface area contributed by atoms with Crippen LogP contribution in [0.1, 0.15) is 29.5 Å². The number of para-hydroxylation sites is 2. The Labute approximate surface area is 215 Å². The van der Waals surface area contributed by atoms with Gasteiger partial charge in [0.25, 0.3) is 5.91 Å². The van der Waals surface area contributed by atoms with E-state index in [4.69, 9.17) is 28.2 Å². The fourth-order valence-electron chi connectivity index (χ4n) is 3.95. The fraction of sp³-hybridized carbons (Fsp3) is 0.269.